The van der Waals surface area contributed by atoms with Gasteiger partial charge >= 0.3 is 6.09 Å². The van der Waals surface area contributed by atoms with E-state index >= 15 is 0 Å². The molecule has 6 nitrogen and oxygen atoms in total. The van der Waals surface area contributed by atoms with Crippen molar-refractivity contribution in [3.63, 3.8) is 0 Å². The van der Waals surface area contributed by atoms with E-state index in [1.807, 2.05) is 0 Å². The van der Waals surface area contributed by atoms with Crippen LogP contribution < -0.4 is 5.32 Å². The number of anilines is 1. The SMILES string of the molecule is O=C(O)Nc1ccc(-c2cnc(CCCO)nc2)cc1. The fraction of sp³-hybridized carbons (Fsp3) is 0.214. The zero-order valence-corrected chi connectivity index (χ0v) is 10.8. The quantitative estimate of drug-likeness (QED) is 0.775. The van der Waals surface area contributed by atoms with Gasteiger partial charge in [0.1, 0.15) is 5.82 Å². The van der Waals surface area contributed by atoms with Gasteiger partial charge in [0, 0.05) is 36.7 Å². The normalized spacial score (nSPS) is 10.2. The molecule has 0 aliphatic rings. The Hall–Kier alpha value is -2.47. The lowest BCUT2D eigenvalue weighted by atomic mass is 10.1. The molecule has 2 aromatic rings. The van der Waals surface area contributed by atoms with Crippen molar-refractivity contribution in [1.82, 2.24) is 9.97 Å². The second-order valence-electron chi connectivity index (χ2n) is 4.22. The molecule has 3 N–H and O–H groups in total. The minimum atomic E-state index is -1.09. The molecule has 0 radical (unpaired) electrons. The molecule has 1 aromatic carbocycles. The van der Waals surface area contributed by atoms with Crippen molar-refractivity contribution in [2.24, 2.45) is 0 Å². The largest absolute Gasteiger partial charge is 0.465 e. The fourth-order valence-corrected chi connectivity index (χ4v) is 1.74. The highest BCUT2D eigenvalue weighted by atomic mass is 16.4. The first kappa shape index (κ1) is 14.0. The number of nitrogens with zero attached hydrogens (tertiary/aromatic N) is 2. The maximum absolute atomic E-state index is 10.5. The van der Waals surface area contributed by atoms with Crippen molar-refractivity contribution in [1.29, 1.82) is 0 Å². The highest BCUT2D eigenvalue weighted by molar-refractivity contribution is 5.83. The van der Waals surface area contributed by atoms with Gasteiger partial charge in [0.15, 0.2) is 0 Å². The number of aryl methyl sites for hydroxylation is 1. The third-order valence-corrected chi connectivity index (χ3v) is 2.73. The topological polar surface area (TPSA) is 95.3 Å². The van der Waals surface area contributed by atoms with Crippen LogP contribution in [-0.2, 0) is 6.42 Å². The summed E-state index contributed by atoms with van der Waals surface area (Å²) in [6, 6.07) is 6.97. The summed E-state index contributed by atoms with van der Waals surface area (Å²) in [5, 5.41) is 19.6. The van der Waals surface area contributed by atoms with Gasteiger partial charge in [0.05, 0.1) is 0 Å². The molecule has 0 spiro atoms. The number of aliphatic hydroxyl groups excluding tert-OH is 1. The Kier molecular flexibility index (Phi) is 4.62. The van der Waals surface area contributed by atoms with E-state index in [9.17, 15) is 4.79 Å². The molecule has 1 heterocycles. The van der Waals surface area contributed by atoms with Crippen LogP contribution in [0.15, 0.2) is 36.7 Å². The number of aromatic nitrogens is 2. The Balaban J connectivity index is 2.09. The van der Waals surface area contributed by atoms with E-state index in [1.54, 1.807) is 36.7 Å². The molecule has 0 saturated heterocycles. The van der Waals surface area contributed by atoms with Crippen molar-refractivity contribution in [3.8, 4) is 11.1 Å². The van der Waals surface area contributed by atoms with Gasteiger partial charge in [-0.1, -0.05) is 12.1 Å². The lowest BCUT2D eigenvalue weighted by Gasteiger charge is -2.04. The average Bonchev–Trinajstić information content (AvgIpc) is 2.46. The average molecular weight is 273 g/mol. The first-order chi connectivity index (χ1) is 9.69. The zero-order valence-electron chi connectivity index (χ0n) is 10.8. The van der Waals surface area contributed by atoms with Crippen LogP contribution in [0, 0.1) is 0 Å². The minimum Gasteiger partial charge on any atom is -0.465 e. The van der Waals surface area contributed by atoms with E-state index in [0.717, 1.165) is 11.1 Å². The molecule has 1 amide bonds. The van der Waals surface area contributed by atoms with Crippen LogP contribution in [0.25, 0.3) is 11.1 Å². The summed E-state index contributed by atoms with van der Waals surface area (Å²) < 4.78 is 0. The van der Waals surface area contributed by atoms with Crippen molar-refractivity contribution >= 4 is 11.8 Å². The molecule has 0 aliphatic carbocycles. The van der Waals surface area contributed by atoms with Gasteiger partial charge in [0.25, 0.3) is 0 Å². The third-order valence-electron chi connectivity index (χ3n) is 2.73. The Labute approximate surface area is 116 Å². The number of hydrogen-bond donors (Lipinski definition) is 3. The third kappa shape index (κ3) is 3.76. The number of rotatable bonds is 5. The molecule has 6 heteroatoms. The predicted molar refractivity (Wildman–Crippen MR) is 74.5 cm³/mol. The van der Waals surface area contributed by atoms with Crippen LogP contribution in [0.3, 0.4) is 0 Å². The molecule has 0 unspecified atom stereocenters. The number of hydrogen-bond acceptors (Lipinski definition) is 4. The van der Waals surface area contributed by atoms with E-state index in [4.69, 9.17) is 10.2 Å². The summed E-state index contributed by atoms with van der Waals surface area (Å²) in [5.41, 5.74) is 2.29. The summed E-state index contributed by atoms with van der Waals surface area (Å²) in [6.45, 7) is 0.128. The molecule has 2 rings (SSSR count). The van der Waals surface area contributed by atoms with Crippen LogP contribution in [0.4, 0.5) is 10.5 Å². The van der Waals surface area contributed by atoms with E-state index in [1.165, 1.54) is 0 Å². The predicted octanol–water partition coefficient (Wildman–Crippen LogP) is 2.16. The minimum absolute atomic E-state index is 0.128. The van der Waals surface area contributed by atoms with E-state index in [2.05, 4.69) is 15.3 Å². The maximum atomic E-state index is 10.5. The Morgan fingerprint density at radius 2 is 1.75 bits per heavy atom. The van der Waals surface area contributed by atoms with Gasteiger partial charge in [-0.3, -0.25) is 5.32 Å². The fourth-order valence-electron chi connectivity index (χ4n) is 1.74. The number of aliphatic hydroxyl groups is 1. The first-order valence-electron chi connectivity index (χ1n) is 6.21. The van der Waals surface area contributed by atoms with Crippen LogP contribution in [-0.4, -0.2) is 32.9 Å². The van der Waals surface area contributed by atoms with Gasteiger partial charge in [-0.15, -0.1) is 0 Å². The summed E-state index contributed by atoms with van der Waals surface area (Å²) >= 11 is 0. The lowest BCUT2D eigenvalue weighted by molar-refractivity contribution is 0.209. The maximum Gasteiger partial charge on any atom is 0.409 e. The molecular weight excluding hydrogens is 258 g/mol. The highest BCUT2D eigenvalue weighted by Gasteiger charge is 2.02. The molecule has 104 valence electrons. The van der Waals surface area contributed by atoms with Crippen LogP contribution in [0.5, 0.6) is 0 Å². The molecule has 0 saturated carbocycles. The van der Waals surface area contributed by atoms with Gasteiger partial charge in [0.2, 0.25) is 0 Å². The number of amides is 1. The van der Waals surface area contributed by atoms with Crippen LogP contribution in [0.1, 0.15) is 12.2 Å². The monoisotopic (exact) mass is 273 g/mol. The second-order valence-corrected chi connectivity index (χ2v) is 4.22. The van der Waals surface area contributed by atoms with Crippen molar-refractivity contribution in [2.45, 2.75) is 12.8 Å². The molecule has 0 atom stereocenters. The summed E-state index contributed by atoms with van der Waals surface area (Å²) in [6.07, 6.45) is 3.65. The molecule has 1 aromatic heterocycles. The van der Waals surface area contributed by atoms with Crippen LogP contribution >= 0.6 is 0 Å². The Morgan fingerprint density at radius 3 is 2.30 bits per heavy atom. The van der Waals surface area contributed by atoms with Gasteiger partial charge in [-0.05, 0) is 24.1 Å². The second kappa shape index (κ2) is 6.63. The highest BCUT2D eigenvalue weighted by Crippen LogP contribution is 2.20. The standard InChI is InChI=1S/C14H15N3O3/c18-7-1-2-13-15-8-11(9-16-13)10-3-5-12(6-4-10)17-14(19)20/h3-6,8-9,17-18H,1-2,7H2,(H,19,20). The number of carboxylic acid groups (broad SMARTS) is 1. The lowest BCUT2D eigenvalue weighted by Crippen LogP contribution is -2.06. The molecule has 20 heavy (non-hydrogen) atoms. The van der Waals surface area contributed by atoms with Crippen molar-refractivity contribution in [2.75, 3.05) is 11.9 Å². The van der Waals surface area contributed by atoms with Gasteiger partial charge in [-0.2, -0.15) is 0 Å². The number of nitrogens with one attached hydrogen (secondary N) is 1. The van der Waals surface area contributed by atoms with Crippen molar-refractivity contribution in [3.05, 3.63) is 42.5 Å². The number of carbonyl (C=O) groups is 1. The van der Waals surface area contributed by atoms with E-state index < -0.39 is 6.09 Å². The Morgan fingerprint density at radius 1 is 1.10 bits per heavy atom. The van der Waals surface area contributed by atoms with Crippen molar-refractivity contribution < 1.29 is 15.0 Å². The summed E-state index contributed by atoms with van der Waals surface area (Å²) in [7, 11) is 0. The van der Waals surface area contributed by atoms with Gasteiger partial charge in [-0.25, -0.2) is 14.8 Å². The van der Waals surface area contributed by atoms with Gasteiger partial charge < -0.3 is 10.2 Å². The van der Waals surface area contributed by atoms with Crippen LogP contribution in [0.2, 0.25) is 0 Å². The zero-order chi connectivity index (χ0) is 14.4. The smallest absolute Gasteiger partial charge is 0.409 e. The molecule has 0 bridgehead atoms. The molecular formula is C14H15N3O3. The number of benzene rings is 1. The van der Waals surface area contributed by atoms with E-state index in [0.29, 0.717) is 24.4 Å². The summed E-state index contributed by atoms with van der Waals surface area (Å²) in [5.74, 6) is 0.701. The Bertz CT molecular complexity index is 567. The first-order valence-corrected chi connectivity index (χ1v) is 6.21. The molecule has 0 aliphatic heterocycles. The van der Waals surface area contributed by atoms with E-state index in [-0.39, 0.29) is 6.61 Å². The molecule has 0 fully saturated rings. The summed E-state index contributed by atoms with van der Waals surface area (Å²) in [4.78, 5) is 19.0.